The van der Waals surface area contributed by atoms with Gasteiger partial charge in [0.2, 0.25) is 5.91 Å². The van der Waals surface area contributed by atoms with E-state index in [-0.39, 0.29) is 18.0 Å². The van der Waals surface area contributed by atoms with Gasteiger partial charge in [0.1, 0.15) is 11.8 Å². The molecule has 3 rings (SSSR count). The molecule has 0 radical (unpaired) electrons. The minimum Gasteiger partial charge on any atom is -0.497 e. The van der Waals surface area contributed by atoms with Crippen molar-refractivity contribution in [2.24, 2.45) is 0 Å². The summed E-state index contributed by atoms with van der Waals surface area (Å²) in [6, 6.07) is 8.44. The maximum atomic E-state index is 12.9. The molecule has 1 aromatic carbocycles. The highest BCUT2D eigenvalue weighted by atomic mass is 16.5. The monoisotopic (exact) mass is 317 g/mol. The van der Waals surface area contributed by atoms with Gasteiger partial charge in [0, 0.05) is 18.6 Å². The molecule has 2 saturated heterocycles. The largest absolute Gasteiger partial charge is 0.497 e. The molecule has 5 heteroatoms. The normalized spacial score (nSPS) is 27.9. The topological polar surface area (TPSA) is 53.6 Å². The van der Waals surface area contributed by atoms with Crippen molar-refractivity contribution in [3.05, 3.63) is 29.8 Å². The number of nitrogens with zero attached hydrogens (tertiary/aromatic N) is 1. The van der Waals surface area contributed by atoms with Gasteiger partial charge in [-0.2, -0.15) is 0 Å². The fourth-order valence-corrected chi connectivity index (χ4v) is 3.71. The fourth-order valence-electron chi connectivity index (χ4n) is 3.71. The minimum absolute atomic E-state index is 0.140. The Morgan fingerprint density at radius 3 is 3.00 bits per heavy atom. The molecular formula is C18H27N3O2. The van der Waals surface area contributed by atoms with Crippen molar-refractivity contribution < 1.29 is 9.53 Å². The molecule has 1 amide bonds. The van der Waals surface area contributed by atoms with Crippen LogP contribution in [0.3, 0.4) is 0 Å². The first-order chi connectivity index (χ1) is 11.2. The van der Waals surface area contributed by atoms with E-state index in [9.17, 15) is 4.79 Å². The van der Waals surface area contributed by atoms with Crippen LogP contribution < -0.4 is 15.6 Å². The van der Waals surface area contributed by atoms with E-state index in [4.69, 9.17) is 4.74 Å². The first-order valence-electron chi connectivity index (χ1n) is 8.68. The molecule has 5 nitrogen and oxygen atoms in total. The lowest BCUT2D eigenvalue weighted by atomic mass is 9.97. The zero-order chi connectivity index (χ0) is 16.2. The smallest absolute Gasteiger partial charge is 0.241 e. The summed E-state index contributed by atoms with van der Waals surface area (Å²) in [7, 11) is 1.67. The maximum absolute atomic E-state index is 12.9. The van der Waals surface area contributed by atoms with Crippen LogP contribution in [0.15, 0.2) is 24.3 Å². The van der Waals surface area contributed by atoms with Crippen molar-refractivity contribution in [2.45, 2.75) is 57.2 Å². The van der Waals surface area contributed by atoms with Crippen molar-refractivity contribution >= 4 is 5.91 Å². The lowest BCUT2D eigenvalue weighted by Crippen LogP contribution is -2.51. The second-order valence-electron chi connectivity index (χ2n) is 6.50. The highest BCUT2D eigenvalue weighted by Crippen LogP contribution is 2.27. The fraction of sp³-hybridized carbons (Fsp3) is 0.611. The summed E-state index contributed by atoms with van der Waals surface area (Å²) in [4.78, 5) is 15.0. The van der Waals surface area contributed by atoms with Crippen LogP contribution in [0.4, 0.5) is 0 Å². The summed E-state index contributed by atoms with van der Waals surface area (Å²) in [6.45, 7) is 3.08. The Morgan fingerprint density at radius 2 is 2.22 bits per heavy atom. The first-order valence-corrected chi connectivity index (χ1v) is 8.68. The van der Waals surface area contributed by atoms with Gasteiger partial charge in [-0.1, -0.05) is 19.1 Å². The van der Waals surface area contributed by atoms with E-state index in [1.165, 1.54) is 6.42 Å². The Kier molecular flexibility index (Phi) is 5.18. The van der Waals surface area contributed by atoms with Crippen LogP contribution in [0.1, 0.15) is 50.6 Å². The minimum atomic E-state index is -0.140. The summed E-state index contributed by atoms with van der Waals surface area (Å²) in [5.74, 6) is 1.09. The van der Waals surface area contributed by atoms with Crippen molar-refractivity contribution in [3.8, 4) is 5.75 Å². The second-order valence-corrected chi connectivity index (χ2v) is 6.50. The number of carbonyl (C=O) groups is 1. The van der Waals surface area contributed by atoms with Crippen LogP contribution in [-0.2, 0) is 4.79 Å². The number of ether oxygens (including phenoxy) is 1. The van der Waals surface area contributed by atoms with Crippen LogP contribution >= 0.6 is 0 Å². The van der Waals surface area contributed by atoms with Crippen molar-refractivity contribution in [3.63, 3.8) is 0 Å². The Labute approximate surface area is 138 Å². The van der Waals surface area contributed by atoms with Crippen LogP contribution in [0, 0.1) is 0 Å². The number of likely N-dealkylation sites (tertiary alicyclic amines) is 1. The molecule has 0 aromatic heterocycles. The number of benzene rings is 1. The number of amides is 1. The molecule has 3 unspecified atom stereocenters. The number of rotatable bonds is 4. The lowest BCUT2D eigenvalue weighted by molar-refractivity contribution is -0.137. The van der Waals surface area contributed by atoms with Gasteiger partial charge < -0.3 is 9.64 Å². The average Bonchev–Trinajstić information content (AvgIpc) is 3.11. The van der Waals surface area contributed by atoms with Crippen LogP contribution in [0.2, 0.25) is 0 Å². The molecule has 2 aliphatic heterocycles. The third-order valence-electron chi connectivity index (χ3n) is 5.08. The molecule has 1 aromatic rings. The highest BCUT2D eigenvalue weighted by Gasteiger charge is 2.35. The van der Waals surface area contributed by atoms with Crippen LogP contribution in [0.5, 0.6) is 5.75 Å². The third-order valence-corrected chi connectivity index (χ3v) is 5.08. The molecule has 2 aliphatic rings. The molecule has 0 saturated carbocycles. The molecule has 2 fully saturated rings. The van der Waals surface area contributed by atoms with Gasteiger partial charge in [0.05, 0.1) is 7.11 Å². The standard InChI is InChI=1S/C18H27N3O2/c1-3-14-8-4-5-10-21(14)18(22)17-12-16(19-20-17)13-7-6-9-15(11-13)23-2/h6-7,9,11,14,16-17,19-20H,3-5,8,10,12H2,1-2H3. The number of methoxy groups -OCH3 is 1. The quantitative estimate of drug-likeness (QED) is 0.895. The number of nitrogens with one attached hydrogen (secondary N) is 2. The van der Waals surface area contributed by atoms with Crippen molar-refractivity contribution in [1.82, 2.24) is 15.8 Å². The summed E-state index contributed by atoms with van der Waals surface area (Å²) in [5.41, 5.74) is 7.63. The van der Waals surface area contributed by atoms with E-state index < -0.39 is 0 Å². The van der Waals surface area contributed by atoms with Gasteiger partial charge in [-0.25, -0.2) is 10.9 Å². The van der Waals surface area contributed by atoms with E-state index >= 15 is 0 Å². The molecule has 3 atom stereocenters. The first kappa shape index (κ1) is 16.3. The summed E-state index contributed by atoms with van der Waals surface area (Å²) in [6.07, 6.45) is 5.33. The summed E-state index contributed by atoms with van der Waals surface area (Å²) in [5, 5.41) is 0. The van der Waals surface area contributed by atoms with E-state index in [0.29, 0.717) is 6.04 Å². The summed E-state index contributed by atoms with van der Waals surface area (Å²) >= 11 is 0. The number of piperidine rings is 1. The Bertz CT molecular complexity index is 549. The van der Waals surface area contributed by atoms with Gasteiger partial charge in [0.25, 0.3) is 0 Å². The third kappa shape index (κ3) is 3.51. The van der Waals surface area contributed by atoms with E-state index in [2.05, 4.69) is 28.7 Å². The molecule has 126 valence electrons. The van der Waals surface area contributed by atoms with E-state index in [0.717, 1.165) is 43.5 Å². The molecular weight excluding hydrogens is 290 g/mol. The molecule has 0 spiro atoms. The van der Waals surface area contributed by atoms with Crippen molar-refractivity contribution in [1.29, 1.82) is 0 Å². The van der Waals surface area contributed by atoms with Gasteiger partial charge in [0.15, 0.2) is 0 Å². The van der Waals surface area contributed by atoms with Crippen molar-refractivity contribution in [2.75, 3.05) is 13.7 Å². The Balaban J connectivity index is 1.65. The predicted molar refractivity (Wildman–Crippen MR) is 90.1 cm³/mol. The number of carbonyl (C=O) groups excluding carboxylic acids is 1. The van der Waals surface area contributed by atoms with E-state index in [1.807, 2.05) is 18.2 Å². The average molecular weight is 317 g/mol. The number of hydrazine groups is 1. The summed E-state index contributed by atoms with van der Waals surface area (Å²) < 4.78 is 5.29. The molecule has 2 N–H and O–H groups in total. The molecule has 0 aliphatic carbocycles. The van der Waals surface area contributed by atoms with Crippen LogP contribution in [0.25, 0.3) is 0 Å². The van der Waals surface area contributed by atoms with Gasteiger partial charge >= 0.3 is 0 Å². The van der Waals surface area contributed by atoms with Gasteiger partial charge in [-0.05, 0) is 49.8 Å². The van der Waals surface area contributed by atoms with E-state index in [1.54, 1.807) is 7.11 Å². The second kappa shape index (κ2) is 7.32. The van der Waals surface area contributed by atoms with Crippen LogP contribution in [-0.4, -0.2) is 36.5 Å². The molecule has 0 bridgehead atoms. The lowest BCUT2D eigenvalue weighted by Gasteiger charge is -2.36. The number of hydrogen-bond acceptors (Lipinski definition) is 4. The number of hydrogen-bond donors (Lipinski definition) is 2. The molecule has 23 heavy (non-hydrogen) atoms. The highest BCUT2D eigenvalue weighted by molar-refractivity contribution is 5.82. The Hall–Kier alpha value is -1.59. The van der Waals surface area contributed by atoms with Gasteiger partial charge in [-0.15, -0.1) is 0 Å². The predicted octanol–water partition coefficient (Wildman–Crippen LogP) is 2.39. The maximum Gasteiger partial charge on any atom is 0.241 e. The van der Waals surface area contributed by atoms with Gasteiger partial charge in [-0.3, -0.25) is 4.79 Å². The SMILES string of the molecule is CCC1CCCCN1C(=O)C1CC(c2cccc(OC)c2)NN1. The molecule has 2 heterocycles. The zero-order valence-electron chi connectivity index (χ0n) is 14.0. The zero-order valence-corrected chi connectivity index (χ0v) is 14.0. The Morgan fingerprint density at radius 1 is 1.35 bits per heavy atom.